The molecule has 6 heteroatoms. The molecule has 0 amide bonds. The van der Waals surface area contributed by atoms with Crippen LogP contribution in [0.25, 0.3) is 0 Å². The number of hydrogen-bond acceptors (Lipinski definition) is 4. The number of ether oxygens (including phenoxy) is 2. The molecule has 0 aliphatic heterocycles. The molecule has 2 rings (SSSR count). The van der Waals surface area contributed by atoms with Crippen LogP contribution in [0, 0.1) is 5.82 Å². The highest BCUT2D eigenvalue weighted by Crippen LogP contribution is 2.33. The van der Waals surface area contributed by atoms with Crippen LogP contribution in [0.2, 0.25) is 0 Å². The Morgan fingerprint density at radius 2 is 2.10 bits per heavy atom. The largest absolute Gasteiger partial charge is 0.491 e. The van der Waals surface area contributed by atoms with E-state index in [2.05, 4.69) is 5.10 Å². The molecule has 0 saturated carbocycles. The third-order valence-corrected chi connectivity index (χ3v) is 2.70. The van der Waals surface area contributed by atoms with Crippen LogP contribution in [-0.4, -0.2) is 16.4 Å². The second-order valence-electron chi connectivity index (χ2n) is 4.61. The van der Waals surface area contributed by atoms with E-state index in [1.54, 1.807) is 24.0 Å². The average Bonchev–Trinajstić information content (AvgIpc) is 2.84. The van der Waals surface area contributed by atoms with Crippen LogP contribution in [0.4, 0.5) is 10.1 Å². The van der Waals surface area contributed by atoms with Gasteiger partial charge in [0.2, 0.25) is 0 Å². The number of nitrogens with zero attached hydrogens (tertiary/aromatic N) is 2. The Balaban J connectivity index is 2.25. The number of halogens is 1. The summed E-state index contributed by atoms with van der Waals surface area (Å²) in [6, 6.07) is 2.87. The summed E-state index contributed by atoms with van der Waals surface area (Å²) in [5, 5.41) is 4.16. The van der Waals surface area contributed by atoms with Gasteiger partial charge in [0.1, 0.15) is 0 Å². The highest BCUT2D eigenvalue weighted by Gasteiger charge is 2.12. The van der Waals surface area contributed by atoms with E-state index in [4.69, 9.17) is 15.2 Å². The van der Waals surface area contributed by atoms with Crippen molar-refractivity contribution in [1.82, 2.24) is 9.78 Å². The first-order chi connectivity index (χ1) is 9.51. The zero-order chi connectivity index (χ0) is 14.7. The summed E-state index contributed by atoms with van der Waals surface area (Å²) >= 11 is 0. The van der Waals surface area contributed by atoms with E-state index < -0.39 is 5.82 Å². The van der Waals surface area contributed by atoms with Gasteiger partial charge in [-0.05, 0) is 20.8 Å². The molecule has 5 nitrogen and oxygen atoms in total. The fourth-order valence-corrected chi connectivity index (χ4v) is 1.69. The lowest BCUT2D eigenvalue weighted by Crippen LogP contribution is -2.00. The van der Waals surface area contributed by atoms with E-state index in [0.29, 0.717) is 18.1 Å². The Bertz CT molecular complexity index is 596. The van der Waals surface area contributed by atoms with Gasteiger partial charge in [-0.15, -0.1) is 0 Å². The molecule has 108 valence electrons. The highest BCUT2D eigenvalue weighted by molar-refractivity contribution is 5.57. The molecule has 0 unspecified atom stereocenters. The summed E-state index contributed by atoms with van der Waals surface area (Å²) in [6.07, 6.45) is 3.34. The van der Waals surface area contributed by atoms with E-state index >= 15 is 0 Å². The number of hydrogen-bond donors (Lipinski definition) is 1. The van der Waals surface area contributed by atoms with Crippen LogP contribution in [0.5, 0.6) is 17.2 Å². The maximum atomic E-state index is 13.6. The van der Waals surface area contributed by atoms with Crippen molar-refractivity contribution >= 4 is 5.69 Å². The molecular weight excluding hydrogens is 261 g/mol. The van der Waals surface area contributed by atoms with Crippen molar-refractivity contribution in [3.8, 4) is 17.2 Å². The monoisotopic (exact) mass is 279 g/mol. The van der Waals surface area contributed by atoms with Gasteiger partial charge >= 0.3 is 0 Å². The molecule has 0 atom stereocenters. The Labute approximate surface area is 117 Å². The van der Waals surface area contributed by atoms with Crippen molar-refractivity contribution < 1.29 is 13.9 Å². The molecule has 0 aliphatic carbocycles. The quantitative estimate of drug-likeness (QED) is 0.852. The van der Waals surface area contributed by atoms with Gasteiger partial charge in [-0.2, -0.15) is 5.10 Å². The molecule has 2 aromatic rings. The Morgan fingerprint density at radius 3 is 2.70 bits per heavy atom. The Kier molecular flexibility index (Phi) is 4.12. The maximum Gasteiger partial charge on any atom is 0.167 e. The number of benzene rings is 1. The lowest BCUT2D eigenvalue weighted by atomic mass is 10.2. The van der Waals surface area contributed by atoms with Gasteiger partial charge in [0.05, 0.1) is 24.7 Å². The summed E-state index contributed by atoms with van der Waals surface area (Å²) in [4.78, 5) is 0. The van der Waals surface area contributed by atoms with E-state index in [1.165, 1.54) is 12.1 Å². The summed E-state index contributed by atoms with van der Waals surface area (Å²) in [5.41, 5.74) is 5.96. The van der Waals surface area contributed by atoms with E-state index in [1.807, 2.05) is 13.8 Å². The number of aromatic nitrogens is 2. The topological polar surface area (TPSA) is 62.3 Å². The first kappa shape index (κ1) is 14.2. The predicted octanol–water partition coefficient (Wildman–Crippen LogP) is 3.38. The van der Waals surface area contributed by atoms with Crippen LogP contribution in [-0.2, 0) is 0 Å². The minimum absolute atomic E-state index is 0.118. The SMILES string of the molecule is CCOc1cc(Oc2cnn(C(C)C)c2)c(N)cc1F. The fourth-order valence-electron chi connectivity index (χ4n) is 1.69. The van der Waals surface area contributed by atoms with Crippen molar-refractivity contribution in [3.05, 3.63) is 30.3 Å². The molecule has 1 aromatic heterocycles. The summed E-state index contributed by atoms with van der Waals surface area (Å²) in [7, 11) is 0. The molecule has 1 heterocycles. The van der Waals surface area contributed by atoms with Gasteiger partial charge in [0, 0.05) is 18.2 Å². The van der Waals surface area contributed by atoms with Gasteiger partial charge < -0.3 is 15.2 Å². The zero-order valence-electron chi connectivity index (χ0n) is 11.8. The maximum absolute atomic E-state index is 13.6. The third kappa shape index (κ3) is 3.01. The molecule has 0 fully saturated rings. The molecule has 0 saturated heterocycles. The van der Waals surface area contributed by atoms with Gasteiger partial charge in [-0.25, -0.2) is 4.39 Å². The van der Waals surface area contributed by atoms with Crippen molar-refractivity contribution in [2.24, 2.45) is 0 Å². The summed E-state index contributed by atoms with van der Waals surface area (Å²) < 4.78 is 26.2. The number of rotatable bonds is 5. The number of nitrogen functional groups attached to an aromatic ring is 1. The lowest BCUT2D eigenvalue weighted by Gasteiger charge is -2.10. The summed E-state index contributed by atoms with van der Waals surface area (Å²) in [5.74, 6) is 0.500. The van der Waals surface area contributed by atoms with Crippen molar-refractivity contribution in [2.45, 2.75) is 26.8 Å². The number of nitrogens with two attached hydrogens (primary N) is 1. The van der Waals surface area contributed by atoms with Gasteiger partial charge in [0.25, 0.3) is 0 Å². The molecule has 0 bridgehead atoms. The van der Waals surface area contributed by atoms with Crippen LogP contribution < -0.4 is 15.2 Å². The third-order valence-electron chi connectivity index (χ3n) is 2.70. The van der Waals surface area contributed by atoms with Crippen molar-refractivity contribution in [2.75, 3.05) is 12.3 Å². The van der Waals surface area contributed by atoms with E-state index in [-0.39, 0.29) is 17.5 Å². The van der Waals surface area contributed by atoms with Gasteiger partial charge in [-0.1, -0.05) is 0 Å². The zero-order valence-corrected chi connectivity index (χ0v) is 11.8. The van der Waals surface area contributed by atoms with E-state index in [0.717, 1.165) is 0 Å². The molecule has 2 N–H and O–H groups in total. The second-order valence-corrected chi connectivity index (χ2v) is 4.61. The number of anilines is 1. The Hall–Kier alpha value is -2.24. The minimum atomic E-state index is -0.505. The molecule has 0 radical (unpaired) electrons. The standard InChI is InChI=1S/C14H18FN3O2/c1-4-19-13-6-14(12(16)5-11(13)15)20-10-7-17-18(8-10)9(2)3/h5-9H,4,16H2,1-3H3. The van der Waals surface area contributed by atoms with Crippen molar-refractivity contribution in [1.29, 1.82) is 0 Å². The highest BCUT2D eigenvalue weighted by atomic mass is 19.1. The normalized spacial score (nSPS) is 10.8. The van der Waals surface area contributed by atoms with Crippen LogP contribution in [0.15, 0.2) is 24.5 Å². The first-order valence-electron chi connectivity index (χ1n) is 6.45. The first-order valence-corrected chi connectivity index (χ1v) is 6.45. The average molecular weight is 279 g/mol. The van der Waals surface area contributed by atoms with Crippen LogP contribution in [0.3, 0.4) is 0 Å². The van der Waals surface area contributed by atoms with Gasteiger partial charge in [0.15, 0.2) is 23.1 Å². The van der Waals surface area contributed by atoms with Gasteiger partial charge in [-0.3, -0.25) is 4.68 Å². The molecule has 1 aromatic carbocycles. The molecule has 0 spiro atoms. The predicted molar refractivity (Wildman–Crippen MR) is 74.7 cm³/mol. The Morgan fingerprint density at radius 1 is 1.35 bits per heavy atom. The smallest absolute Gasteiger partial charge is 0.167 e. The van der Waals surface area contributed by atoms with Crippen LogP contribution >= 0.6 is 0 Å². The summed E-state index contributed by atoms with van der Waals surface area (Å²) in [6.45, 7) is 6.17. The minimum Gasteiger partial charge on any atom is -0.491 e. The second kappa shape index (κ2) is 5.81. The van der Waals surface area contributed by atoms with Crippen LogP contribution in [0.1, 0.15) is 26.8 Å². The molecule has 0 aliphatic rings. The van der Waals surface area contributed by atoms with E-state index in [9.17, 15) is 4.39 Å². The molecular formula is C14H18FN3O2. The molecule has 20 heavy (non-hydrogen) atoms. The lowest BCUT2D eigenvalue weighted by molar-refractivity contribution is 0.319. The van der Waals surface area contributed by atoms with Crippen molar-refractivity contribution in [3.63, 3.8) is 0 Å². The fraction of sp³-hybridized carbons (Fsp3) is 0.357.